The first kappa shape index (κ1) is 20.6. The molecule has 1 unspecified atom stereocenters. The number of hydrogen-bond acceptors (Lipinski definition) is 7. The molecule has 2 heterocycles. The number of Topliss-reactive ketones (excluding diaryl/α,β-unsaturated/α-hetero) is 1. The van der Waals surface area contributed by atoms with Crippen LogP contribution < -0.4 is 4.90 Å². The number of halogens is 2. The molecule has 0 N–H and O–H groups in total. The van der Waals surface area contributed by atoms with Crippen LogP contribution in [0.3, 0.4) is 0 Å². The van der Waals surface area contributed by atoms with Gasteiger partial charge in [0.25, 0.3) is 6.43 Å². The molecule has 1 aromatic carbocycles. The Hall–Kier alpha value is -2.27. The Morgan fingerprint density at radius 2 is 2.00 bits per heavy atom. The quantitative estimate of drug-likeness (QED) is 0.575. The number of nitrogens with zero attached hydrogens (tertiary/aromatic N) is 3. The summed E-state index contributed by atoms with van der Waals surface area (Å²) in [5, 5.41) is 6.50. The molecule has 11 heteroatoms. The van der Waals surface area contributed by atoms with Crippen LogP contribution in [0.15, 0.2) is 23.1 Å². The Labute approximate surface area is 181 Å². The average molecular weight is 468 g/mol. The van der Waals surface area contributed by atoms with Gasteiger partial charge in [-0.1, -0.05) is 24.3 Å². The van der Waals surface area contributed by atoms with Crippen LogP contribution in [-0.2, 0) is 19.4 Å². The van der Waals surface area contributed by atoms with Gasteiger partial charge >= 0.3 is 0 Å². The largest absolute Gasteiger partial charge is 0.298 e. The van der Waals surface area contributed by atoms with Crippen molar-refractivity contribution >= 4 is 43.7 Å². The molecule has 1 amide bonds. The zero-order valence-electron chi connectivity index (χ0n) is 16.5. The number of amides is 1. The van der Waals surface area contributed by atoms with Crippen molar-refractivity contribution < 1.29 is 26.8 Å². The van der Waals surface area contributed by atoms with Crippen LogP contribution >= 0.6 is 11.3 Å². The maximum absolute atomic E-state index is 13.2. The van der Waals surface area contributed by atoms with E-state index >= 15 is 0 Å². The van der Waals surface area contributed by atoms with Gasteiger partial charge in [0.1, 0.15) is 5.92 Å². The summed E-state index contributed by atoms with van der Waals surface area (Å²) in [5.41, 5.74) is 0.332. The second kappa shape index (κ2) is 6.86. The van der Waals surface area contributed by atoms with E-state index in [4.69, 9.17) is 0 Å². The number of carbonyl (C=O) groups is 2. The summed E-state index contributed by atoms with van der Waals surface area (Å²) >= 11 is 0.549. The van der Waals surface area contributed by atoms with E-state index in [9.17, 15) is 26.8 Å². The average Bonchev–Trinajstić information content (AvgIpc) is 3.59. The fraction of sp³-hybridized carbons (Fsp3) is 0.500. The number of fused-ring (bicyclic) bond motifs is 1. The van der Waals surface area contributed by atoms with Crippen LogP contribution in [0.25, 0.3) is 0 Å². The first-order valence-corrected chi connectivity index (χ1v) is 12.4. The fourth-order valence-electron chi connectivity index (χ4n) is 3.92. The van der Waals surface area contributed by atoms with Crippen LogP contribution in [-0.4, -0.2) is 36.1 Å². The van der Waals surface area contributed by atoms with Crippen molar-refractivity contribution in [3.8, 4) is 0 Å². The van der Waals surface area contributed by atoms with Crippen LogP contribution in [0.1, 0.15) is 55.5 Å². The summed E-state index contributed by atoms with van der Waals surface area (Å²) in [5.74, 6) is -2.13. The first-order chi connectivity index (χ1) is 14.6. The fourth-order valence-corrected chi connectivity index (χ4v) is 6.57. The van der Waals surface area contributed by atoms with Crippen molar-refractivity contribution in [2.75, 3.05) is 10.7 Å². The normalized spacial score (nSPS) is 22.1. The predicted octanol–water partition coefficient (Wildman–Crippen LogP) is 3.79. The van der Waals surface area contributed by atoms with E-state index in [0.29, 0.717) is 29.7 Å². The molecule has 0 bridgehead atoms. The number of rotatable bonds is 7. The van der Waals surface area contributed by atoms with Crippen molar-refractivity contribution in [3.63, 3.8) is 0 Å². The highest BCUT2D eigenvalue weighted by Crippen LogP contribution is 2.50. The Morgan fingerprint density at radius 1 is 1.29 bits per heavy atom. The molecule has 0 radical (unpaired) electrons. The molecule has 0 spiro atoms. The topological polar surface area (TPSA) is 97.3 Å². The van der Waals surface area contributed by atoms with Gasteiger partial charge < -0.3 is 0 Å². The number of hydrogen-bond donors (Lipinski definition) is 0. The first-order valence-electron chi connectivity index (χ1n) is 9.96. The summed E-state index contributed by atoms with van der Waals surface area (Å²) in [6.07, 6.45) is 0.231. The minimum absolute atomic E-state index is 0.00843. The molecule has 1 atom stereocenters. The molecule has 2 saturated carbocycles. The maximum Gasteiger partial charge on any atom is 0.291 e. The van der Waals surface area contributed by atoms with Gasteiger partial charge in [0.2, 0.25) is 11.0 Å². The highest BCUT2D eigenvalue weighted by Gasteiger charge is 2.49. The number of ketones is 1. The van der Waals surface area contributed by atoms with E-state index in [1.165, 1.54) is 18.2 Å². The minimum atomic E-state index is -3.63. The molecule has 3 aliphatic rings. The van der Waals surface area contributed by atoms with E-state index in [1.54, 1.807) is 0 Å². The summed E-state index contributed by atoms with van der Waals surface area (Å²) < 4.78 is 52.0. The second-order valence-corrected chi connectivity index (χ2v) is 11.8. The van der Waals surface area contributed by atoms with Gasteiger partial charge in [-0.25, -0.2) is 17.2 Å². The summed E-state index contributed by atoms with van der Waals surface area (Å²) in [6, 6.07) is 4.28. The second-order valence-electron chi connectivity index (χ2n) is 8.80. The minimum Gasteiger partial charge on any atom is -0.298 e. The molecule has 31 heavy (non-hydrogen) atoms. The predicted molar refractivity (Wildman–Crippen MR) is 108 cm³/mol. The van der Waals surface area contributed by atoms with Gasteiger partial charge in [-0.15, -0.1) is 10.2 Å². The van der Waals surface area contributed by atoms with Crippen molar-refractivity contribution in [1.82, 2.24) is 10.2 Å². The number of benzene rings is 1. The molecule has 2 aliphatic carbocycles. The highest BCUT2D eigenvalue weighted by molar-refractivity contribution is 7.91. The van der Waals surface area contributed by atoms with Gasteiger partial charge in [-0.05, 0) is 48.8 Å². The lowest BCUT2D eigenvalue weighted by molar-refractivity contribution is -0.128. The van der Waals surface area contributed by atoms with E-state index in [-0.39, 0.29) is 38.6 Å². The third kappa shape index (κ3) is 3.57. The Morgan fingerprint density at radius 3 is 2.58 bits per heavy atom. The van der Waals surface area contributed by atoms with Gasteiger partial charge in [-0.2, -0.15) is 0 Å². The molecule has 7 nitrogen and oxygen atoms in total. The number of carbonyl (C=O) groups excluding carboxylic acids is 2. The van der Waals surface area contributed by atoms with E-state index < -0.39 is 33.1 Å². The SMILES string of the molecule is CC1(CS(=O)(=O)c2ccc3c(c2)N(c2nnc(C(F)F)s2)C(=O)C3C(=O)C2CC2)CC1. The molecule has 164 valence electrons. The summed E-state index contributed by atoms with van der Waals surface area (Å²) in [7, 11) is -3.63. The summed E-state index contributed by atoms with van der Waals surface area (Å²) in [6.45, 7) is 1.91. The van der Waals surface area contributed by atoms with Crippen molar-refractivity contribution in [3.05, 3.63) is 28.8 Å². The third-order valence-corrected chi connectivity index (χ3v) is 9.06. The number of alkyl halides is 2. The maximum atomic E-state index is 13.2. The molecule has 5 rings (SSSR count). The van der Waals surface area contributed by atoms with Crippen molar-refractivity contribution in [2.45, 2.75) is 49.8 Å². The van der Waals surface area contributed by atoms with E-state index in [1.807, 2.05) is 6.92 Å². The number of aromatic nitrogens is 2. The van der Waals surface area contributed by atoms with Gasteiger partial charge in [-0.3, -0.25) is 14.5 Å². The molecular formula is C20H19F2N3O4S2. The standard InChI is InChI=1S/C20H19F2N3O4S2/c1-20(6-7-20)9-31(28,29)11-4-5-12-13(8-11)25(19-24-23-17(30-19)16(21)22)18(27)14(12)15(26)10-2-3-10/h4-5,8,10,14,16H,2-3,6-7,9H2,1H3. The molecule has 0 saturated heterocycles. The Kier molecular flexibility index (Phi) is 4.57. The zero-order chi connectivity index (χ0) is 22.1. The van der Waals surface area contributed by atoms with Crippen LogP contribution in [0, 0.1) is 11.3 Å². The molecule has 1 aliphatic heterocycles. The Balaban J connectivity index is 1.60. The number of anilines is 2. The lowest BCUT2D eigenvalue weighted by atomic mass is 9.93. The van der Waals surface area contributed by atoms with Gasteiger partial charge in [0, 0.05) is 5.92 Å². The molecule has 1 aromatic heterocycles. The van der Waals surface area contributed by atoms with Crippen LogP contribution in [0.4, 0.5) is 19.6 Å². The smallest absolute Gasteiger partial charge is 0.291 e. The molecule has 2 fully saturated rings. The van der Waals surface area contributed by atoms with Gasteiger partial charge in [0.05, 0.1) is 16.3 Å². The van der Waals surface area contributed by atoms with Crippen molar-refractivity contribution in [2.24, 2.45) is 11.3 Å². The molecule has 2 aromatic rings. The zero-order valence-corrected chi connectivity index (χ0v) is 18.2. The monoisotopic (exact) mass is 467 g/mol. The van der Waals surface area contributed by atoms with Crippen molar-refractivity contribution in [1.29, 1.82) is 0 Å². The Bertz CT molecular complexity index is 1200. The lowest BCUT2D eigenvalue weighted by Gasteiger charge is -2.15. The highest BCUT2D eigenvalue weighted by atomic mass is 32.2. The van der Waals surface area contributed by atoms with Crippen LogP contribution in [0.2, 0.25) is 0 Å². The number of sulfone groups is 1. The summed E-state index contributed by atoms with van der Waals surface area (Å²) in [4.78, 5) is 27.2. The van der Waals surface area contributed by atoms with E-state index in [2.05, 4.69) is 10.2 Å². The van der Waals surface area contributed by atoms with Gasteiger partial charge in [0.15, 0.2) is 20.6 Å². The molecular weight excluding hydrogens is 448 g/mol. The third-order valence-electron chi connectivity index (χ3n) is 6.09. The van der Waals surface area contributed by atoms with Crippen LogP contribution in [0.5, 0.6) is 0 Å². The lowest BCUT2D eigenvalue weighted by Crippen LogP contribution is -2.28. The van der Waals surface area contributed by atoms with E-state index in [0.717, 1.165) is 17.7 Å².